The van der Waals surface area contributed by atoms with Crippen LogP contribution in [0.4, 0.5) is 0 Å². The normalized spacial score (nSPS) is 29.1. The van der Waals surface area contributed by atoms with Gasteiger partial charge in [-0.25, -0.2) is 0 Å². The first-order valence-corrected chi connectivity index (χ1v) is 13.6. The summed E-state index contributed by atoms with van der Waals surface area (Å²) >= 11 is 0. The molecular weight excluding hydrogens is 456 g/mol. The highest BCUT2D eigenvalue weighted by atomic mass is 16.5. The van der Waals surface area contributed by atoms with Crippen LogP contribution in [0.25, 0.3) is 0 Å². The van der Waals surface area contributed by atoms with E-state index in [0.29, 0.717) is 25.7 Å². The van der Waals surface area contributed by atoms with Gasteiger partial charge in [-0.05, 0) is 90.3 Å². The average molecular weight is 499 g/mol. The molecule has 1 aromatic rings. The van der Waals surface area contributed by atoms with Crippen LogP contribution in [0.2, 0.25) is 0 Å². The molecule has 0 bridgehead atoms. The number of hydrogen-bond acceptors (Lipinski definition) is 5. The minimum Gasteiger partial charge on any atom is -0.375 e. The minimum absolute atomic E-state index is 0.0150. The summed E-state index contributed by atoms with van der Waals surface area (Å²) in [5, 5.41) is 9.15. The van der Waals surface area contributed by atoms with Gasteiger partial charge in [-0.15, -0.1) is 0 Å². The Labute approximate surface area is 214 Å². The van der Waals surface area contributed by atoms with Gasteiger partial charge >= 0.3 is 0 Å². The molecule has 2 heterocycles. The van der Waals surface area contributed by atoms with E-state index in [0.717, 1.165) is 25.7 Å². The van der Waals surface area contributed by atoms with Crippen molar-refractivity contribution in [3.05, 3.63) is 35.4 Å². The predicted octanol–water partition coefficient (Wildman–Crippen LogP) is 2.61. The molecule has 0 unspecified atom stereocenters. The lowest BCUT2D eigenvalue weighted by molar-refractivity contribution is -0.146. The van der Waals surface area contributed by atoms with Gasteiger partial charge in [-0.2, -0.15) is 0 Å². The Balaban J connectivity index is 1.54. The second-order valence-corrected chi connectivity index (χ2v) is 10.8. The maximum absolute atomic E-state index is 13.8. The molecule has 3 aliphatic rings. The molecule has 2 fully saturated rings. The van der Waals surface area contributed by atoms with Crippen LogP contribution in [-0.2, 0) is 25.5 Å². The molecule has 8 nitrogen and oxygen atoms in total. The summed E-state index contributed by atoms with van der Waals surface area (Å²) in [6.45, 7) is 5.80. The Bertz CT molecular complexity index is 951. The summed E-state index contributed by atoms with van der Waals surface area (Å²) in [5.74, 6) is -0.460. The maximum atomic E-state index is 13.8. The molecule has 198 valence electrons. The number of carbonyl (C=O) groups excluding carboxylic acids is 3. The van der Waals surface area contributed by atoms with Gasteiger partial charge in [0.1, 0.15) is 12.1 Å². The fourth-order valence-corrected chi connectivity index (χ4v) is 6.02. The van der Waals surface area contributed by atoms with Crippen molar-refractivity contribution in [1.82, 2.24) is 20.9 Å². The molecule has 1 aliphatic carbocycles. The van der Waals surface area contributed by atoms with E-state index in [1.807, 2.05) is 26.0 Å². The number of carbonyl (C=O) groups is 3. The highest BCUT2D eigenvalue weighted by molar-refractivity contribution is 5.93. The average Bonchev–Trinajstić information content (AvgIpc) is 3.27. The van der Waals surface area contributed by atoms with Crippen molar-refractivity contribution in [3.8, 4) is 0 Å². The maximum Gasteiger partial charge on any atom is 0.246 e. The molecule has 3 N–H and O–H groups in total. The van der Waals surface area contributed by atoms with Gasteiger partial charge < -0.3 is 25.6 Å². The van der Waals surface area contributed by atoms with Crippen molar-refractivity contribution in [2.45, 2.75) is 115 Å². The van der Waals surface area contributed by atoms with E-state index in [2.05, 4.69) is 28.1 Å². The monoisotopic (exact) mass is 498 g/mol. The lowest BCUT2D eigenvalue weighted by atomic mass is 9.87. The molecule has 1 aromatic carbocycles. The number of nitrogens with zero attached hydrogens (tertiary/aromatic N) is 1. The fraction of sp³-hybridized carbons (Fsp3) is 0.679. The summed E-state index contributed by atoms with van der Waals surface area (Å²) < 4.78 is 6.18. The molecule has 2 saturated heterocycles. The zero-order valence-electron chi connectivity index (χ0n) is 22.1. The quantitative estimate of drug-likeness (QED) is 0.537. The van der Waals surface area contributed by atoms with Crippen molar-refractivity contribution in [2.75, 3.05) is 7.05 Å². The summed E-state index contributed by atoms with van der Waals surface area (Å²) in [4.78, 5) is 41.9. The van der Waals surface area contributed by atoms with E-state index in [-0.39, 0.29) is 42.0 Å². The van der Waals surface area contributed by atoms with Gasteiger partial charge in [0.2, 0.25) is 17.7 Å². The molecule has 2 aliphatic heterocycles. The van der Waals surface area contributed by atoms with Crippen LogP contribution >= 0.6 is 0 Å². The number of aryl methyl sites for hydroxylation is 1. The number of benzene rings is 1. The number of hydrogen-bond donors (Lipinski definition) is 3. The minimum atomic E-state index is -0.668. The molecule has 0 saturated carbocycles. The fourth-order valence-electron chi connectivity index (χ4n) is 6.02. The number of likely N-dealkylation sites (N-methyl/N-ethyl adjacent to an activating group) is 1. The zero-order chi connectivity index (χ0) is 25.8. The van der Waals surface area contributed by atoms with Crippen LogP contribution < -0.4 is 16.0 Å². The second kappa shape index (κ2) is 11.7. The highest BCUT2D eigenvalue weighted by Gasteiger charge is 2.46. The number of amides is 3. The molecule has 0 aromatic heterocycles. The van der Waals surface area contributed by atoms with E-state index in [1.54, 1.807) is 18.9 Å². The number of fused-ring (bicyclic) bond motifs is 2. The van der Waals surface area contributed by atoms with Crippen molar-refractivity contribution >= 4 is 17.7 Å². The smallest absolute Gasteiger partial charge is 0.246 e. The number of ether oxygens (including phenoxy) is 1. The lowest BCUT2D eigenvalue weighted by Gasteiger charge is -2.38. The van der Waals surface area contributed by atoms with Crippen LogP contribution in [0.3, 0.4) is 0 Å². The van der Waals surface area contributed by atoms with E-state index in [4.69, 9.17) is 4.74 Å². The van der Waals surface area contributed by atoms with Crippen molar-refractivity contribution in [2.24, 2.45) is 0 Å². The van der Waals surface area contributed by atoms with Crippen LogP contribution in [0.5, 0.6) is 0 Å². The molecule has 36 heavy (non-hydrogen) atoms. The van der Waals surface area contributed by atoms with Crippen molar-refractivity contribution in [1.29, 1.82) is 0 Å². The van der Waals surface area contributed by atoms with E-state index in [9.17, 15) is 14.4 Å². The van der Waals surface area contributed by atoms with Gasteiger partial charge in [0.15, 0.2) is 0 Å². The van der Waals surface area contributed by atoms with E-state index in [1.165, 1.54) is 11.1 Å². The first-order valence-electron chi connectivity index (χ1n) is 13.6. The van der Waals surface area contributed by atoms with Crippen LogP contribution in [0.1, 0.15) is 82.9 Å². The summed E-state index contributed by atoms with van der Waals surface area (Å²) in [6.07, 6.45) is 6.31. The molecule has 8 heteroatoms. The third-order valence-electron chi connectivity index (χ3n) is 7.96. The van der Waals surface area contributed by atoms with Crippen LogP contribution in [0, 0.1) is 0 Å². The van der Waals surface area contributed by atoms with Crippen LogP contribution in [-0.4, -0.2) is 66.0 Å². The summed E-state index contributed by atoms with van der Waals surface area (Å²) in [7, 11) is 1.72. The van der Waals surface area contributed by atoms with E-state index >= 15 is 0 Å². The van der Waals surface area contributed by atoms with Gasteiger partial charge in [-0.1, -0.05) is 24.3 Å². The number of nitrogens with one attached hydrogen (secondary N) is 3. The van der Waals surface area contributed by atoms with Gasteiger partial charge in [0.25, 0.3) is 0 Å². The van der Waals surface area contributed by atoms with Crippen LogP contribution in [0.15, 0.2) is 24.3 Å². The topological polar surface area (TPSA) is 99.8 Å². The standard InChI is InChI=1S/C28H42N4O4/c1-17(2)36-21-13-14-24(31-26(33)18(3)29-4)28(35)32-20(16-21)12-15-25(32)27(34)30-23-11-7-9-19-8-5-6-10-22(19)23/h5-6,8,10,17-18,20-21,23-25,29H,7,9,11-16H2,1-4H3,(H,30,34)(H,31,33)/t18-,20+,21-,23+,24-,25-/m0/s1. The molecule has 0 radical (unpaired) electrons. The molecule has 4 rings (SSSR count). The molecular formula is C28H42N4O4. The Hall–Kier alpha value is -2.45. The van der Waals surface area contributed by atoms with Gasteiger partial charge in [-0.3, -0.25) is 14.4 Å². The highest BCUT2D eigenvalue weighted by Crippen LogP contribution is 2.34. The zero-order valence-corrected chi connectivity index (χ0v) is 22.1. The van der Waals surface area contributed by atoms with Crippen molar-refractivity contribution in [3.63, 3.8) is 0 Å². The lowest BCUT2D eigenvalue weighted by Crippen LogP contribution is -2.59. The number of rotatable bonds is 7. The SMILES string of the molecule is CN[C@@H](C)C(=O)N[C@H]1CC[C@H](OC(C)C)C[C@H]2CC[C@@H](C(=O)N[C@@H]3CCCc4ccccc43)N2C1=O. The Morgan fingerprint density at radius 1 is 1.00 bits per heavy atom. The second-order valence-electron chi connectivity index (χ2n) is 10.8. The van der Waals surface area contributed by atoms with Crippen molar-refractivity contribution < 1.29 is 19.1 Å². The third kappa shape index (κ3) is 5.92. The van der Waals surface area contributed by atoms with E-state index < -0.39 is 18.1 Å². The Morgan fingerprint density at radius 3 is 2.53 bits per heavy atom. The Morgan fingerprint density at radius 2 is 1.78 bits per heavy atom. The third-order valence-corrected chi connectivity index (χ3v) is 7.96. The summed E-state index contributed by atoms with van der Waals surface area (Å²) in [6, 6.07) is 6.58. The van der Waals surface area contributed by atoms with Gasteiger partial charge in [0.05, 0.1) is 24.3 Å². The van der Waals surface area contributed by atoms with Gasteiger partial charge in [0, 0.05) is 6.04 Å². The molecule has 0 spiro atoms. The summed E-state index contributed by atoms with van der Waals surface area (Å²) in [5.41, 5.74) is 2.47. The largest absolute Gasteiger partial charge is 0.375 e. The molecule has 3 amide bonds. The predicted molar refractivity (Wildman–Crippen MR) is 138 cm³/mol. The molecule has 6 atom stereocenters. The first-order chi connectivity index (χ1) is 17.3. The first kappa shape index (κ1) is 26.6. The Kier molecular flexibility index (Phi) is 8.67.